The summed E-state index contributed by atoms with van der Waals surface area (Å²) in [6.07, 6.45) is 8.46. The summed E-state index contributed by atoms with van der Waals surface area (Å²) in [7, 11) is 0. The van der Waals surface area contributed by atoms with Crippen LogP contribution in [0.3, 0.4) is 0 Å². The van der Waals surface area contributed by atoms with Gasteiger partial charge >= 0.3 is 5.97 Å². The van der Waals surface area contributed by atoms with E-state index < -0.39 is 5.97 Å². The van der Waals surface area contributed by atoms with E-state index in [-0.39, 0.29) is 23.8 Å². The number of nitrogens with zero attached hydrogens (tertiary/aromatic N) is 2. The standard InChI is InChI=1S/C28H37N3O3S/c1-20(28(33)34)22-11-8-17-31(19-22)25-15-14-24(26(32)29-23-12-6-3-7-13-23)27(30-25)35-18-16-21-9-4-2-5-10-21/h2,4-5,9-10,14-15,20,22-23H,3,6-8,11-13,16-19H2,1H3,(H,29,32)(H,33,34). The lowest BCUT2D eigenvalue weighted by molar-refractivity contribution is -0.143. The van der Waals surface area contributed by atoms with Crippen LogP contribution in [0, 0.1) is 11.8 Å². The van der Waals surface area contributed by atoms with Gasteiger partial charge in [0.2, 0.25) is 0 Å². The van der Waals surface area contributed by atoms with Crippen LogP contribution in [-0.2, 0) is 11.2 Å². The van der Waals surface area contributed by atoms with Crippen LogP contribution in [0.25, 0.3) is 0 Å². The molecule has 0 bridgehead atoms. The number of hydrogen-bond acceptors (Lipinski definition) is 5. The zero-order chi connectivity index (χ0) is 24.6. The van der Waals surface area contributed by atoms with E-state index in [4.69, 9.17) is 4.98 Å². The maximum absolute atomic E-state index is 13.2. The number of aryl methyl sites for hydroxylation is 1. The lowest BCUT2D eigenvalue weighted by Crippen LogP contribution is -2.40. The molecule has 1 aromatic carbocycles. The number of rotatable bonds is 9. The van der Waals surface area contributed by atoms with Gasteiger partial charge in [0, 0.05) is 24.9 Å². The van der Waals surface area contributed by atoms with E-state index in [9.17, 15) is 14.7 Å². The zero-order valence-corrected chi connectivity index (χ0v) is 21.4. The molecule has 0 spiro atoms. The Morgan fingerprint density at radius 3 is 2.60 bits per heavy atom. The van der Waals surface area contributed by atoms with E-state index in [0.29, 0.717) is 12.1 Å². The molecule has 2 unspecified atom stereocenters. The molecule has 2 atom stereocenters. The van der Waals surface area contributed by atoms with E-state index in [0.717, 1.165) is 55.2 Å². The Kier molecular flexibility index (Phi) is 9.07. The van der Waals surface area contributed by atoms with Crippen molar-refractivity contribution in [3.63, 3.8) is 0 Å². The lowest BCUT2D eigenvalue weighted by atomic mass is 9.86. The predicted octanol–water partition coefficient (Wildman–Crippen LogP) is 5.42. The van der Waals surface area contributed by atoms with Crippen LogP contribution in [0.2, 0.25) is 0 Å². The summed E-state index contributed by atoms with van der Waals surface area (Å²) in [6.45, 7) is 3.34. The molecule has 1 saturated heterocycles. The number of nitrogens with one attached hydrogen (secondary N) is 1. The van der Waals surface area contributed by atoms with Crippen molar-refractivity contribution in [2.24, 2.45) is 11.8 Å². The molecule has 188 valence electrons. The van der Waals surface area contributed by atoms with E-state index >= 15 is 0 Å². The van der Waals surface area contributed by atoms with Crippen molar-refractivity contribution in [2.75, 3.05) is 23.7 Å². The minimum Gasteiger partial charge on any atom is -0.481 e. The van der Waals surface area contributed by atoms with E-state index in [2.05, 4.69) is 22.3 Å². The number of thioether (sulfide) groups is 1. The molecule has 35 heavy (non-hydrogen) atoms. The fourth-order valence-corrected chi connectivity index (χ4v) is 6.14. The number of amides is 1. The smallest absolute Gasteiger partial charge is 0.306 e. The Morgan fingerprint density at radius 2 is 1.86 bits per heavy atom. The molecule has 1 aliphatic heterocycles. The fraction of sp³-hybridized carbons (Fsp3) is 0.536. The normalized spacial score (nSPS) is 19.8. The number of hydrogen-bond donors (Lipinski definition) is 2. The van der Waals surface area contributed by atoms with Crippen LogP contribution in [0.5, 0.6) is 0 Å². The number of carbonyl (C=O) groups is 2. The van der Waals surface area contributed by atoms with Gasteiger partial charge in [-0.3, -0.25) is 9.59 Å². The van der Waals surface area contributed by atoms with Gasteiger partial charge in [0.15, 0.2) is 0 Å². The van der Waals surface area contributed by atoms with Gasteiger partial charge in [0.25, 0.3) is 5.91 Å². The Morgan fingerprint density at radius 1 is 1.09 bits per heavy atom. The molecular weight excluding hydrogens is 458 g/mol. The van der Waals surface area contributed by atoms with Crippen LogP contribution in [0.15, 0.2) is 47.5 Å². The average Bonchev–Trinajstić information content (AvgIpc) is 2.89. The highest BCUT2D eigenvalue weighted by Gasteiger charge is 2.30. The molecule has 7 heteroatoms. The topological polar surface area (TPSA) is 82.5 Å². The summed E-state index contributed by atoms with van der Waals surface area (Å²) in [4.78, 5) is 31.9. The first kappa shape index (κ1) is 25.5. The molecule has 1 aromatic heterocycles. The van der Waals surface area contributed by atoms with Gasteiger partial charge in [-0.15, -0.1) is 11.8 Å². The zero-order valence-electron chi connectivity index (χ0n) is 20.6. The van der Waals surface area contributed by atoms with Crippen LogP contribution >= 0.6 is 11.8 Å². The van der Waals surface area contributed by atoms with Gasteiger partial charge in [-0.1, -0.05) is 56.5 Å². The third kappa shape index (κ3) is 7.00. The van der Waals surface area contributed by atoms with Gasteiger partial charge in [0.1, 0.15) is 10.8 Å². The van der Waals surface area contributed by atoms with E-state index in [1.165, 1.54) is 24.8 Å². The molecule has 1 saturated carbocycles. The highest BCUT2D eigenvalue weighted by atomic mass is 32.2. The number of aliphatic carboxylic acids is 1. The Bertz CT molecular complexity index is 994. The first-order chi connectivity index (χ1) is 17.0. The number of pyridine rings is 1. The average molecular weight is 496 g/mol. The van der Waals surface area contributed by atoms with Crippen molar-refractivity contribution in [3.05, 3.63) is 53.6 Å². The predicted molar refractivity (Wildman–Crippen MR) is 141 cm³/mol. The summed E-state index contributed by atoms with van der Waals surface area (Å²) in [5, 5.41) is 13.5. The van der Waals surface area contributed by atoms with Crippen LogP contribution in [0.1, 0.15) is 67.8 Å². The molecule has 4 rings (SSSR count). The molecule has 2 fully saturated rings. The van der Waals surface area contributed by atoms with E-state index in [1.807, 2.05) is 30.3 Å². The third-order valence-corrected chi connectivity index (χ3v) is 8.37. The van der Waals surface area contributed by atoms with Crippen molar-refractivity contribution in [1.82, 2.24) is 10.3 Å². The minimum absolute atomic E-state index is 0.0332. The first-order valence-electron chi connectivity index (χ1n) is 13.0. The summed E-state index contributed by atoms with van der Waals surface area (Å²) >= 11 is 1.63. The van der Waals surface area contributed by atoms with Crippen molar-refractivity contribution < 1.29 is 14.7 Å². The number of anilines is 1. The highest BCUT2D eigenvalue weighted by molar-refractivity contribution is 7.99. The third-order valence-electron chi connectivity index (χ3n) is 7.38. The number of carboxylic acid groups (broad SMARTS) is 1. The highest BCUT2D eigenvalue weighted by Crippen LogP contribution is 2.30. The molecule has 2 aromatic rings. The van der Waals surface area contributed by atoms with Crippen molar-refractivity contribution in [1.29, 1.82) is 0 Å². The second-order valence-corrected chi connectivity index (χ2v) is 11.0. The van der Waals surface area contributed by atoms with Crippen molar-refractivity contribution >= 4 is 29.5 Å². The van der Waals surface area contributed by atoms with Gasteiger partial charge in [-0.25, -0.2) is 4.98 Å². The second-order valence-electron chi connectivity index (χ2n) is 9.89. The van der Waals surface area contributed by atoms with Gasteiger partial charge < -0.3 is 15.3 Å². The molecule has 2 N–H and O–H groups in total. The number of carboxylic acids is 1. The summed E-state index contributed by atoms with van der Waals surface area (Å²) in [6, 6.07) is 14.5. The molecule has 1 aliphatic carbocycles. The molecule has 0 radical (unpaired) electrons. The Balaban J connectivity index is 1.51. The summed E-state index contributed by atoms with van der Waals surface area (Å²) < 4.78 is 0. The van der Waals surface area contributed by atoms with Crippen molar-refractivity contribution in [3.8, 4) is 0 Å². The first-order valence-corrected chi connectivity index (χ1v) is 14.0. The molecule has 6 nitrogen and oxygen atoms in total. The monoisotopic (exact) mass is 495 g/mol. The Labute approximate surface area is 212 Å². The quantitative estimate of drug-likeness (QED) is 0.452. The van der Waals surface area contributed by atoms with Gasteiger partial charge in [0.05, 0.1) is 11.5 Å². The van der Waals surface area contributed by atoms with Crippen LogP contribution in [0.4, 0.5) is 5.82 Å². The molecule has 2 aliphatic rings. The number of carbonyl (C=O) groups excluding carboxylic acids is 1. The second kappa shape index (κ2) is 12.4. The number of aromatic nitrogens is 1. The fourth-order valence-electron chi connectivity index (χ4n) is 5.14. The van der Waals surface area contributed by atoms with Crippen LogP contribution < -0.4 is 10.2 Å². The molecule has 1 amide bonds. The largest absolute Gasteiger partial charge is 0.481 e. The number of benzene rings is 1. The van der Waals surface area contributed by atoms with Gasteiger partial charge in [-0.05, 0) is 55.7 Å². The summed E-state index contributed by atoms with van der Waals surface area (Å²) in [5.74, 6) is 0.627. The number of piperidine rings is 1. The Hall–Kier alpha value is -2.54. The lowest BCUT2D eigenvalue weighted by Gasteiger charge is -2.35. The van der Waals surface area contributed by atoms with E-state index in [1.54, 1.807) is 18.7 Å². The summed E-state index contributed by atoms with van der Waals surface area (Å²) in [5.41, 5.74) is 1.91. The van der Waals surface area contributed by atoms with Gasteiger partial charge in [-0.2, -0.15) is 0 Å². The molecule has 2 heterocycles. The maximum atomic E-state index is 13.2. The maximum Gasteiger partial charge on any atom is 0.306 e. The SMILES string of the molecule is CC(C(=O)O)C1CCCN(c2ccc(C(=O)NC3CCCCC3)c(SCCc3ccccc3)n2)C1. The van der Waals surface area contributed by atoms with Crippen molar-refractivity contribution in [2.45, 2.75) is 69.4 Å². The molecular formula is C28H37N3O3S. The minimum atomic E-state index is -0.739. The van der Waals surface area contributed by atoms with Crippen LogP contribution in [-0.4, -0.2) is 46.9 Å².